The van der Waals surface area contributed by atoms with Crippen molar-refractivity contribution in [2.45, 2.75) is 33.7 Å². The lowest BCUT2D eigenvalue weighted by Gasteiger charge is -2.04. The zero-order valence-electron chi connectivity index (χ0n) is 15.3. The molecule has 2 aromatic carbocycles. The number of fused-ring (bicyclic) bond motifs is 1. The van der Waals surface area contributed by atoms with Crippen molar-refractivity contribution in [3.05, 3.63) is 92.7 Å². The summed E-state index contributed by atoms with van der Waals surface area (Å²) in [5, 5.41) is 3.07. The van der Waals surface area contributed by atoms with Crippen LogP contribution in [-0.2, 0) is 13.0 Å². The fourth-order valence-corrected chi connectivity index (χ4v) is 4.61. The van der Waals surface area contributed by atoms with E-state index < -0.39 is 0 Å². The van der Waals surface area contributed by atoms with Crippen molar-refractivity contribution in [1.82, 2.24) is 4.40 Å². The van der Waals surface area contributed by atoms with Gasteiger partial charge in [0, 0.05) is 23.7 Å². The van der Waals surface area contributed by atoms with Crippen molar-refractivity contribution < 1.29 is 4.57 Å². The van der Waals surface area contributed by atoms with E-state index in [0.717, 1.165) is 18.0 Å². The minimum atomic E-state index is 0.782. The van der Waals surface area contributed by atoms with E-state index in [0.29, 0.717) is 0 Å². The summed E-state index contributed by atoms with van der Waals surface area (Å²) in [5.41, 5.74) is 7.95. The van der Waals surface area contributed by atoms with Crippen molar-refractivity contribution >= 4 is 27.9 Å². The van der Waals surface area contributed by atoms with Crippen molar-refractivity contribution in [2.24, 2.45) is 0 Å². The summed E-state index contributed by atoms with van der Waals surface area (Å²) >= 11 is 7.83. The van der Waals surface area contributed by atoms with Gasteiger partial charge in [-0.15, -0.1) is 0 Å². The second-order valence-electron chi connectivity index (χ2n) is 6.97. The predicted molar refractivity (Wildman–Crippen MR) is 109 cm³/mol. The van der Waals surface area contributed by atoms with Crippen molar-refractivity contribution in [1.29, 1.82) is 0 Å². The van der Waals surface area contributed by atoms with Crippen LogP contribution < -0.4 is 4.57 Å². The monoisotopic (exact) mass is 381 g/mol. The fraction of sp³-hybridized carbons (Fsp3) is 0.227. The number of aromatic nitrogens is 2. The van der Waals surface area contributed by atoms with E-state index in [9.17, 15) is 0 Å². The maximum absolute atomic E-state index is 6.01. The quantitative estimate of drug-likeness (QED) is 0.412. The van der Waals surface area contributed by atoms with E-state index >= 15 is 0 Å². The minimum absolute atomic E-state index is 0.782. The second kappa shape index (κ2) is 6.90. The van der Waals surface area contributed by atoms with Crippen LogP contribution in [0, 0.1) is 20.8 Å². The molecule has 0 saturated carbocycles. The van der Waals surface area contributed by atoms with Gasteiger partial charge in [0.2, 0.25) is 0 Å². The van der Waals surface area contributed by atoms with Crippen LogP contribution in [0.3, 0.4) is 0 Å². The summed E-state index contributed by atoms with van der Waals surface area (Å²) in [5.74, 6) is 0. The van der Waals surface area contributed by atoms with Crippen LogP contribution >= 0.6 is 22.9 Å². The van der Waals surface area contributed by atoms with Gasteiger partial charge in [-0.3, -0.25) is 0 Å². The van der Waals surface area contributed by atoms with Crippen LogP contribution in [-0.4, -0.2) is 4.40 Å². The highest BCUT2D eigenvalue weighted by atomic mass is 35.5. The Morgan fingerprint density at radius 1 is 1.04 bits per heavy atom. The zero-order chi connectivity index (χ0) is 18.3. The number of aryl methyl sites for hydroxylation is 3. The summed E-state index contributed by atoms with van der Waals surface area (Å²) in [6.45, 7) is 7.39. The van der Waals surface area contributed by atoms with Gasteiger partial charge in [0.25, 0.3) is 0 Å². The molecule has 4 heteroatoms. The second-order valence-corrected chi connectivity index (χ2v) is 8.24. The van der Waals surface area contributed by atoms with Crippen LogP contribution in [0.4, 0.5) is 0 Å². The maximum Gasteiger partial charge on any atom is 0.346 e. The predicted octanol–water partition coefficient (Wildman–Crippen LogP) is 5.51. The third-order valence-corrected chi connectivity index (χ3v) is 6.18. The van der Waals surface area contributed by atoms with Crippen molar-refractivity contribution in [2.75, 3.05) is 0 Å². The van der Waals surface area contributed by atoms with Crippen LogP contribution in [0.1, 0.15) is 33.6 Å². The average molecular weight is 382 g/mol. The molecule has 0 saturated heterocycles. The lowest BCUT2D eigenvalue weighted by atomic mass is 10.0. The first-order chi connectivity index (χ1) is 12.5. The van der Waals surface area contributed by atoms with E-state index in [-0.39, 0.29) is 0 Å². The minimum Gasteiger partial charge on any atom is -0.214 e. The smallest absolute Gasteiger partial charge is 0.214 e. The Balaban J connectivity index is 1.67. The lowest BCUT2D eigenvalue weighted by molar-refractivity contribution is -0.665. The summed E-state index contributed by atoms with van der Waals surface area (Å²) in [6.07, 6.45) is 3.21. The largest absolute Gasteiger partial charge is 0.346 e. The number of benzene rings is 2. The van der Waals surface area contributed by atoms with E-state index in [1.165, 1.54) is 38.6 Å². The summed E-state index contributed by atoms with van der Waals surface area (Å²) < 4.78 is 4.72. The molecule has 0 bridgehead atoms. The van der Waals surface area contributed by atoms with Gasteiger partial charge in [-0.25, -0.2) is 4.57 Å². The molecule has 26 heavy (non-hydrogen) atoms. The van der Waals surface area contributed by atoms with E-state index in [2.05, 4.69) is 71.6 Å². The lowest BCUT2D eigenvalue weighted by Crippen LogP contribution is -2.35. The highest BCUT2D eigenvalue weighted by Gasteiger charge is 2.20. The van der Waals surface area contributed by atoms with Crippen molar-refractivity contribution in [3.63, 3.8) is 0 Å². The molecule has 4 rings (SSSR count). The van der Waals surface area contributed by atoms with Gasteiger partial charge in [0.15, 0.2) is 0 Å². The summed E-state index contributed by atoms with van der Waals surface area (Å²) in [6, 6.07) is 14.8. The van der Waals surface area contributed by atoms with Crippen LogP contribution in [0.2, 0.25) is 5.02 Å². The van der Waals surface area contributed by atoms with Gasteiger partial charge in [-0.05, 0) is 42.7 Å². The summed E-state index contributed by atoms with van der Waals surface area (Å²) in [4.78, 5) is 1.28. The first-order valence-electron chi connectivity index (χ1n) is 8.80. The van der Waals surface area contributed by atoms with E-state index in [1.807, 2.05) is 23.5 Å². The average Bonchev–Trinajstić information content (AvgIpc) is 3.12. The van der Waals surface area contributed by atoms with E-state index in [1.54, 1.807) is 0 Å². The van der Waals surface area contributed by atoms with Crippen LogP contribution in [0.25, 0.3) is 4.96 Å². The maximum atomic E-state index is 6.01. The number of hydrogen-bond donors (Lipinski definition) is 0. The topological polar surface area (TPSA) is 8.29 Å². The third-order valence-electron chi connectivity index (χ3n) is 4.91. The molecule has 0 radical (unpaired) electrons. The van der Waals surface area contributed by atoms with Gasteiger partial charge in [-0.2, -0.15) is 4.40 Å². The molecule has 2 aromatic heterocycles. The first-order valence-corrected chi connectivity index (χ1v) is 10.1. The van der Waals surface area contributed by atoms with Gasteiger partial charge in [-0.1, -0.05) is 58.8 Å². The standard InChI is InChI=1S/C22H22ClN2S/c1-15-4-7-19(16(2)10-15)11-21-14-26-22-24(17(3)12-25(21)22)13-18-5-8-20(23)9-6-18/h4-10,12,14H,11,13H2,1-3H3/q+1. The molecule has 0 aliphatic heterocycles. The van der Waals surface area contributed by atoms with Gasteiger partial charge < -0.3 is 0 Å². The number of thiazole rings is 1. The molecule has 0 atom stereocenters. The number of rotatable bonds is 4. The number of halogens is 1. The zero-order valence-corrected chi connectivity index (χ0v) is 16.9. The Morgan fingerprint density at radius 3 is 2.54 bits per heavy atom. The Kier molecular flexibility index (Phi) is 4.60. The molecular formula is C22H22ClN2S+. The van der Waals surface area contributed by atoms with Crippen LogP contribution in [0.5, 0.6) is 0 Å². The molecule has 2 heterocycles. The third kappa shape index (κ3) is 3.29. The molecule has 0 unspecified atom stereocenters. The van der Waals surface area contributed by atoms with Crippen molar-refractivity contribution in [3.8, 4) is 0 Å². The molecule has 4 aromatic rings. The van der Waals surface area contributed by atoms with E-state index in [4.69, 9.17) is 11.6 Å². The highest BCUT2D eigenvalue weighted by Crippen LogP contribution is 2.21. The molecule has 0 aliphatic carbocycles. The number of hydrogen-bond acceptors (Lipinski definition) is 1. The number of imidazole rings is 1. The molecule has 0 fully saturated rings. The van der Waals surface area contributed by atoms with Gasteiger partial charge in [0.05, 0.1) is 0 Å². The molecular weight excluding hydrogens is 360 g/mol. The first kappa shape index (κ1) is 17.3. The Morgan fingerprint density at radius 2 is 1.81 bits per heavy atom. The SMILES string of the molecule is Cc1ccc(Cc2csc3n2cc(C)[n+]3Cc2ccc(Cl)cc2)c(C)c1. The molecule has 0 amide bonds. The summed E-state index contributed by atoms with van der Waals surface area (Å²) in [7, 11) is 0. The molecule has 132 valence electrons. The Labute approximate surface area is 163 Å². The highest BCUT2D eigenvalue weighted by molar-refractivity contribution is 7.14. The Bertz CT molecular complexity index is 1070. The Hall–Kier alpha value is -2.10. The molecule has 2 nitrogen and oxygen atoms in total. The molecule has 0 spiro atoms. The fourth-order valence-electron chi connectivity index (χ4n) is 3.43. The van der Waals surface area contributed by atoms with Crippen LogP contribution in [0.15, 0.2) is 54.0 Å². The molecule has 0 aliphatic rings. The molecule has 0 N–H and O–H groups in total. The number of nitrogens with zero attached hydrogens (tertiary/aromatic N) is 2. The van der Waals surface area contributed by atoms with Gasteiger partial charge in [0.1, 0.15) is 24.1 Å². The normalized spacial score (nSPS) is 11.4. The van der Waals surface area contributed by atoms with Gasteiger partial charge >= 0.3 is 4.96 Å².